The Morgan fingerprint density at radius 1 is 1.33 bits per heavy atom. The van der Waals surface area contributed by atoms with Gasteiger partial charge in [0.2, 0.25) is 11.0 Å². The van der Waals surface area contributed by atoms with Gasteiger partial charge in [-0.25, -0.2) is 0 Å². The lowest BCUT2D eigenvalue weighted by atomic mass is 9.89. The van der Waals surface area contributed by atoms with E-state index >= 15 is 0 Å². The van der Waals surface area contributed by atoms with Gasteiger partial charge in [0.1, 0.15) is 5.76 Å². The molecule has 1 aliphatic rings. The van der Waals surface area contributed by atoms with Gasteiger partial charge < -0.3 is 15.1 Å². The molecule has 2 heterocycles. The van der Waals surface area contributed by atoms with Crippen molar-refractivity contribution in [3.05, 3.63) is 24.2 Å². The van der Waals surface area contributed by atoms with Crippen LogP contribution in [0.25, 0.3) is 0 Å². The first-order valence-electron chi connectivity index (χ1n) is 8.29. The molecular weight excluding hydrogens is 344 g/mol. The molecule has 2 aromatic heterocycles. The summed E-state index contributed by atoms with van der Waals surface area (Å²) in [5.74, 6) is 1.97. The third-order valence-corrected chi connectivity index (χ3v) is 6.05. The average Bonchev–Trinajstić information content (AvgIpc) is 3.29. The standard InChI is InChI=1S/C16H22N4O2S2/c21-14(17-9-12-5-2-1-3-6-12)11-23-16-20-19-15(24-16)18-10-13-7-4-8-22-13/h4,7-8,12H,1-3,5-6,9-11H2,(H,17,21)(H,18,19). The predicted octanol–water partition coefficient (Wildman–Crippen LogP) is 3.53. The minimum absolute atomic E-state index is 0.0749. The first-order chi connectivity index (χ1) is 11.8. The number of anilines is 1. The first kappa shape index (κ1) is 17.3. The van der Waals surface area contributed by atoms with Gasteiger partial charge in [0.05, 0.1) is 18.6 Å². The Kier molecular flexibility index (Phi) is 6.54. The minimum atomic E-state index is 0.0749. The van der Waals surface area contributed by atoms with Gasteiger partial charge in [-0.2, -0.15) is 0 Å². The number of hydrogen-bond donors (Lipinski definition) is 2. The SMILES string of the molecule is O=C(CSc1nnc(NCc2ccco2)s1)NCC1CCCCC1. The van der Waals surface area contributed by atoms with Crippen molar-refractivity contribution in [3.8, 4) is 0 Å². The summed E-state index contributed by atoms with van der Waals surface area (Å²) in [6.07, 6.45) is 8.07. The van der Waals surface area contributed by atoms with E-state index in [1.165, 1.54) is 55.2 Å². The van der Waals surface area contributed by atoms with Gasteiger partial charge in [0.15, 0.2) is 4.34 Å². The maximum Gasteiger partial charge on any atom is 0.230 e. The lowest BCUT2D eigenvalue weighted by molar-refractivity contribution is -0.118. The molecule has 1 amide bonds. The largest absolute Gasteiger partial charge is 0.467 e. The second-order valence-electron chi connectivity index (χ2n) is 5.90. The summed E-state index contributed by atoms with van der Waals surface area (Å²) in [5, 5.41) is 15.1. The lowest BCUT2D eigenvalue weighted by Gasteiger charge is -2.21. The van der Waals surface area contributed by atoms with Crippen molar-refractivity contribution in [2.75, 3.05) is 17.6 Å². The van der Waals surface area contributed by atoms with E-state index in [4.69, 9.17) is 4.42 Å². The zero-order valence-corrected chi connectivity index (χ0v) is 15.1. The van der Waals surface area contributed by atoms with Gasteiger partial charge in [-0.15, -0.1) is 10.2 Å². The van der Waals surface area contributed by atoms with Crippen LogP contribution < -0.4 is 10.6 Å². The average molecular weight is 367 g/mol. The molecule has 0 saturated heterocycles. The number of carbonyl (C=O) groups excluding carboxylic acids is 1. The molecule has 0 unspecified atom stereocenters. The van der Waals surface area contributed by atoms with Crippen molar-refractivity contribution in [3.63, 3.8) is 0 Å². The molecule has 8 heteroatoms. The minimum Gasteiger partial charge on any atom is -0.467 e. The number of amides is 1. The number of rotatable bonds is 8. The maximum absolute atomic E-state index is 11.9. The smallest absolute Gasteiger partial charge is 0.230 e. The van der Waals surface area contributed by atoms with Gasteiger partial charge in [0.25, 0.3) is 0 Å². The highest BCUT2D eigenvalue weighted by atomic mass is 32.2. The second-order valence-corrected chi connectivity index (χ2v) is 8.10. The van der Waals surface area contributed by atoms with Crippen molar-refractivity contribution < 1.29 is 9.21 Å². The third-order valence-electron chi connectivity index (χ3n) is 4.04. The van der Waals surface area contributed by atoms with E-state index in [0.29, 0.717) is 18.2 Å². The topological polar surface area (TPSA) is 80.1 Å². The van der Waals surface area contributed by atoms with E-state index in [1.807, 2.05) is 12.1 Å². The molecule has 0 bridgehead atoms. The molecule has 3 rings (SSSR count). The highest BCUT2D eigenvalue weighted by Crippen LogP contribution is 2.26. The molecular formula is C16H22N4O2S2. The van der Waals surface area contributed by atoms with Crippen LogP contribution in [0.3, 0.4) is 0 Å². The summed E-state index contributed by atoms with van der Waals surface area (Å²) in [6.45, 7) is 1.39. The van der Waals surface area contributed by atoms with E-state index in [1.54, 1.807) is 6.26 Å². The number of nitrogens with one attached hydrogen (secondary N) is 2. The highest BCUT2D eigenvalue weighted by Gasteiger charge is 2.14. The summed E-state index contributed by atoms with van der Waals surface area (Å²) in [7, 11) is 0. The number of hydrogen-bond acceptors (Lipinski definition) is 7. The normalized spacial score (nSPS) is 15.3. The Hall–Kier alpha value is -1.54. The van der Waals surface area contributed by atoms with Crippen LogP contribution in [0.15, 0.2) is 27.2 Å². The highest BCUT2D eigenvalue weighted by molar-refractivity contribution is 8.01. The van der Waals surface area contributed by atoms with Gasteiger partial charge in [-0.3, -0.25) is 4.79 Å². The van der Waals surface area contributed by atoms with Crippen LogP contribution in [0.5, 0.6) is 0 Å². The number of carbonyl (C=O) groups is 1. The molecule has 6 nitrogen and oxygen atoms in total. The van der Waals surface area contributed by atoms with Gasteiger partial charge in [-0.1, -0.05) is 42.4 Å². The van der Waals surface area contributed by atoms with E-state index in [-0.39, 0.29) is 5.91 Å². The van der Waals surface area contributed by atoms with E-state index in [2.05, 4.69) is 20.8 Å². The van der Waals surface area contributed by atoms with Crippen molar-refractivity contribution in [2.24, 2.45) is 5.92 Å². The van der Waals surface area contributed by atoms with Crippen LogP contribution in [-0.2, 0) is 11.3 Å². The molecule has 1 fully saturated rings. The van der Waals surface area contributed by atoms with Gasteiger partial charge in [-0.05, 0) is 30.9 Å². The molecule has 2 aromatic rings. The van der Waals surface area contributed by atoms with Gasteiger partial charge >= 0.3 is 0 Å². The molecule has 130 valence electrons. The van der Waals surface area contributed by atoms with Crippen molar-refractivity contribution in [2.45, 2.75) is 43.0 Å². The predicted molar refractivity (Wildman–Crippen MR) is 96.3 cm³/mol. The Bertz CT molecular complexity index is 624. The van der Waals surface area contributed by atoms with Crippen LogP contribution >= 0.6 is 23.1 Å². The van der Waals surface area contributed by atoms with Crippen molar-refractivity contribution >= 4 is 34.1 Å². The molecule has 1 saturated carbocycles. The molecule has 0 radical (unpaired) electrons. The Morgan fingerprint density at radius 3 is 3.00 bits per heavy atom. The molecule has 0 spiro atoms. The summed E-state index contributed by atoms with van der Waals surface area (Å²) >= 11 is 2.88. The second kappa shape index (κ2) is 9.08. The Balaban J connectivity index is 1.34. The molecule has 0 aliphatic heterocycles. The maximum atomic E-state index is 11.9. The fourth-order valence-corrected chi connectivity index (χ4v) is 4.32. The van der Waals surface area contributed by atoms with E-state index in [9.17, 15) is 4.79 Å². The summed E-state index contributed by atoms with van der Waals surface area (Å²) in [4.78, 5) is 11.9. The summed E-state index contributed by atoms with van der Waals surface area (Å²) in [6, 6.07) is 3.75. The van der Waals surface area contributed by atoms with E-state index in [0.717, 1.165) is 21.8 Å². The third kappa shape index (κ3) is 5.52. The molecule has 1 aliphatic carbocycles. The molecule has 2 N–H and O–H groups in total. The number of furan rings is 1. The molecule has 0 atom stereocenters. The van der Waals surface area contributed by atoms with Crippen LogP contribution in [0.2, 0.25) is 0 Å². The Morgan fingerprint density at radius 2 is 2.21 bits per heavy atom. The van der Waals surface area contributed by atoms with Gasteiger partial charge in [0, 0.05) is 6.54 Å². The first-order valence-corrected chi connectivity index (χ1v) is 10.1. The molecule has 0 aromatic carbocycles. The summed E-state index contributed by atoms with van der Waals surface area (Å²) in [5.41, 5.74) is 0. The number of nitrogens with zero attached hydrogens (tertiary/aromatic N) is 2. The number of thioether (sulfide) groups is 1. The van der Waals surface area contributed by atoms with Crippen LogP contribution in [0.1, 0.15) is 37.9 Å². The Labute approximate surface area is 149 Å². The lowest BCUT2D eigenvalue weighted by Crippen LogP contribution is -2.31. The fraction of sp³-hybridized carbons (Fsp3) is 0.562. The number of aromatic nitrogens is 2. The van der Waals surface area contributed by atoms with Crippen LogP contribution in [-0.4, -0.2) is 28.4 Å². The van der Waals surface area contributed by atoms with Crippen LogP contribution in [0, 0.1) is 5.92 Å². The quantitative estimate of drug-likeness (QED) is 0.696. The van der Waals surface area contributed by atoms with Crippen LogP contribution in [0.4, 0.5) is 5.13 Å². The molecule has 24 heavy (non-hydrogen) atoms. The fourth-order valence-electron chi connectivity index (χ4n) is 2.74. The van der Waals surface area contributed by atoms with E-state index < -0.39 is 0 Å². The zero-order valence-electron chi connectivity index (χ0n) is 13.5. The monoisotopic (exact) mass is 366 g/mol. The zero-order chi connectivity index (χ0) is 16.6. The van der Waals surface area contributed by atoms with Crippen molar-refractivity contribution in [1.29, 1.82) is 0 Å². The summed E-state index contributed by atoms with van der Waals surface area (Å²) < 4.78 is 6.05. The van der Waals surface area contributed by atoms with Crippen molar-refractivity contribution in [1.82, 2.24) is 15.5 Å².